The van der Waals surface area contributed by atoms with E-state index >= 15 is 0 Å². The molecule has 8 heteroatoms. The molecule has 1 aliphatic rings. The van der Waals surface area contributed by atoms with Crippen molar-refractivity contribution >= 4 is 27.3 Å². The van der Waals surface area contributed by atoms with Crippen LogP contribution in [0.1, 0.15) is 41.9 Å². The molecule has 1 fully saturated rings. The SMILES string of the molecule is CC(C)Oc1ccc(CNC(=O)c2sccc2S(=O)(=O)N2CCCC2)cc1. The van der Waals surface area contributed by atoms with Crippen molar-refractivity contribution in [2.75, 3.05) is 13.1 Å². The lowest BCUT2D eigenvalue weighted by molar-refractivity contribution is 0.0952. The highest BCUT2D eigenvalue weighted by Gasteiger charge is 2.31. The number of benzene rings is 1. The first kappa shape index (κ1) is 19.9. The Labute approximate surface area is 164 Å². The minimum Gasteiger partial charge on any atom is -0.491 e. The maximum atomic E-state index is 12.8. The Hall–Kier alpha value is -1.90. The molecular formula is C19H24N2O4S2. The predicted molar refractivity (Wildman–Crippen MR) is 106 cm³/mol. The summed E-state index contributed by atoms with van der Waals surface area (Å²) in [4.78, 5) is 12.9. The van der Waals surface area contributed by atoms with Crippen molar-refractivity contribution in [3.05, 3.63) is 46.2 Å². The maximum absolute atomic E-state index is 12.8. The standard InChI is InChI=1S/C19H24N2O4S2/c1-14(2)25-16-7-5-15(6-8-16)13-20-19(22)18-17(9-12-26-18)27(23,24)21-10-3-4-11-21/h5-9,12,14H,3-4,10-11,13H2,1-2H3,(H,20,22). The summed E-state index contributed by atoms with van der Waals surface area (Å²) in [5, 5.41) is 4.46. The van der Waals surface area contributed by atoms with E-state index in [-0.39, 0.29) is 21.8 Å². The Kier molecular flexibility index (Phi) is 6.18. The van der Waals surface area contributed by atoms with Gasteiger partial charge in [-0.2, -0.15) is 4.31 Å². The molecule has 1 aromatic heterocycles. The first-order valence-corrected chi connectivity index (χ1v) is 11.3. The first-order chi connectivity index (χ1) is 12.9. The fraction of sp³-hybridized carbons (Fsp3) is 0.421. The van der Waals surface area contributed by atoms with Crippen molar-refractivity contribution < 1.29 is 17.9 Å². The Bertz CT molecular complexity index is 883. The van der Waals surface area contributed by atoms with E-state index in [0.717, 1.165) is 35.5 Å². The highest BCUT2D eigenvalue weighted by molar-refractivity contribution is 7.89. The van der Waals surface area contributed by atoms with E-state index in [4.69, 9.17) is 4.74 Å². The van der Waals surface area contributed by atoms with Crippen molar-refractivity contribution in [1.82, 2.24) is 9.62 Å². The molecule has 6 nitrogen and oxygen atoms in total. The third-order valence-corrected chi connectivity index (χ3v) is 7.25. The molecule has 0 bridgehead atoms. The molecule has 1 N–H and O–H groups in total. The van der Waals surface area contributed by atoms with E-state index in [2.05, 4.69) is 5.32 Å². The van der Waals surface area contributed by atoms with Gasteiger partial charge in [-0.1, -0.05) is 12.1 Å². The van der Waals surface area contributed by atoms with Crippen LogP contribution in [-0.2, 0) is 16.6 Å². The van der Waals surface area contributed by atoms with Gasteiger partial charge in [0.15, 0.2) is 0 Å². The van der Waals surface area contributed by atoms with Crippen LogP contribution in [0, 0.1) is 0 Å². The largest absolute Gasteiger partial charge is 0.491 e. The number of carbonyl (C=O) groups is 1. The number of amides is 1. The summed E-state index contributed by atoms with van der Waals surface area (Å²) < 4.78 is 32.6. The Balaban J connectivity index is 1.66. The summed E-state index contributed by atoms with van der Waals surface area (Å²) in [5.41, 5.74) is 0.917. The van der Waals surface area contributed by atoms with Gasteiger partial charge in [0.2, 0.25) is 10.0 Å². The van der Waals surface area contributed by atoms with Gasteiger partial charge in [0, 0.05) is 19.6 Å². The Morgan fingerprint density at radius 1 is 1.19 bits per heavy atom. The van der Waals surface area contributed by atoms with E-state index in [0.29, 0.717) is 19.6 Å². The number of thiophene rings is 1. The number of carbonyl (C=O) groups excluding carboxylic acids is 1. The molecule has 0 atom stereocenters. The van der Waals surface area contributed by atoms with Crippen LogP contribution in [0.4, 0.5) is 0 Å². The molecule has 0 radical (unpaired) electrons. The van der Waals surface area contributed by atoms with Gasteiger partial charge in [0.25, 0.3) is 5.91 Å². The average Bonchev–Trinajstić information content (AvgIpc) is 3.32. The third-order valence-electron chi connectivity index (χ3n) is 4.27. The molecule has 146 valence electrons. The van der Waals surface area contributed by atoms with Crippen LogP contribution in [0.2, 0.25) is 0 Å². The van der Waals surface area contributed by atoms with Gasteiger partial charge in [0.1, 0.15) is 15.5 Å². The van der Waals surface area contributed by atoms with Gasteiger partial charge in [-0.25, -0.2) is 8.42 Å². The summed E-state index contributed by atoms with van der Waals surface area (Å²) in [7, 11) is -3.60. The Morgan fingerprint density at radius 2 is 1.85 bits per heavy atom. The second-order valence-corrected chi connectivity index (χ2v) is 9.54. The molecule has 1 aromatic carbocycles. The van der Waals surface area contributed by atoms with Gasteiger partial charge < -0.3 is 10.1 Å². The fourth-order valence-electron chi connectivity index (χ4n) is 2.95. The molecule has 0 spiro atoms. The predicted octanol–water partition coefficient (Wildman–Crippen LogP) is 3.25. The molecule has 0 unspecified atom stereocenters. The van der Waals surface area contributed by atoms with E-state index in [1.54, 1.807) is 5.38 Å². The zero-order chi connectivity index (χ0) is 19.4. The zero-order valence-corrected chi connectivity index (χ0v) is 17.1. The van der Waals surface area contributed by atoms with E-state index < -0.39 is 10.0 Å². The minimum absolute atomic E-state index is 0.102. The molecule has 27 heavy (non-hydrogen) atoms. The van der Waals surface area contributed by atoms with Crippen LogP contribution >= 0.6 is 11.3 Å². The smallest absolute Gasteiger partial charge is 0.263 e. The first-order valence-electron chi connectivity index (χ1n) is 8.99. The minimum atomic E-state index is -3.60. The second-order valence-electron chi connectivity index (χ2n) is 6.72. The number of rotatable bonds is 7. The van der Waals surface area contributed by atoms with Crippen molar-refractivity contribution in [2.24, 2.45) is 0 Å². The molecule has 0 saturated carbocycles. The molecule has 2 aromatic rings. The van der Waals surface area contributed by atoms with Crippen LogP contribution in [0.5, 0.6) is 5.75 Å². The lowest BCUT2D eigenvalue weighted by Crippen LogP contribution is -2.30. The molecule has 2 heterocycles. The van der Waals surface area contributed by atoms with Gasteiger partial charge in [-0.15, -0.1) is 11.3 Å². The highest BCUT2D eigenvalue weighted by Crippen LogP contribution is 2.27. The molecule has 0 aliphatic carbocycles. The second kappa shape index (κ2) is 8.41. The molecule has 1 aliphatic heterocycles. The Morgan fingerprint density at radius 3 is 2.48 bits per heavy atom. The lowest BCUT2D eigenvalue weighted by atomic mass is 10.2. The van der Waals surface area contributed by atoms with E-state index in [9.17, 15) is 13.2 Å². The molecule has 3 rings (SSSR count). The van der Waals surface area contributed by atoms with Crippen LogP contribution in [-0.4, -0.2) is 37.8 Å². The van der Waals surface area contributed by atoms with Crippen LogP contribution in [0.3, 0.4) is 0 Å². The molecule has 1 amide bonds. The monoisotopic (exact) mass is 408 g/mol. The number of hydrogen-bond acceptors (Lipinski definition) is 5. The summed E-state index contributed by atoms with van der Waals surface area (Å²) >= 11 is 1.15. The van der Waals surface area contributed by atoms with E-state index in [1.165, 1.54) is 10.4 Å². The third kappa shape index (κ3) is 4.69. The normalized spacial score (nSPS) is 15.2. The quantitative estimate of drug-likeness (QED) is 0.763. The maximum Gasteiger partial charge on any atom is 0.263 e. The summed E-state index contributed by atoms with van der Waals surface area (Å²) in [6.45, 7) is 5.28. The zero-order valence-electron chi connectivity index (χ0n) is 15.5. The van der Waals surface area contributed by atoms with Gasteiger partial charge >= 0.3 is 0 Å². The van der Waals surface area contributed by atoms with Crippen molar-refractivity contribution in [1.29, 1.82) is 0 Å². The summed E-state index contributed by atoms with van der Waals surface area (Å²) in [6, 6.07) is 9.00. The van der Waals surface area contributed by atoms with Crippen LogP contribution in [0.25, 0.3) is 0 Å². The van der Waals surface area contributed by atoms with Crippen LogP contribution < -0.4 is 10.1 Å². The van der Waals surface area contributed by atoms with Crippen molar-refractivity contribution in [3.63, 3.8) is 0 Å². The van der Waals surface area contributed by atoms with Gasteiger partial charge in [-0.05, 0) is 55.8 Å². The van der Waals surface area contributed by atoms with E-state index in [1.807, 2.05) is 38.1 Å². The lowest BCUT2D eigenvalue weighted by Gasteiger charge is -2.15. The van der Waals surface area contributed by atoms with Gasteiger partial charge in [-0.3, -0.25) is 4.79 Å². The average molecular weight is 409 g/mol. The fourth-order valence-corrected chi connectivity index (χ4v) is 5.79. The number of sulfonamides is 1. The number of ether oxygens (including phenoxy) is 1. The summed E-state index contributed by atoms with van der Waals surface area (Å²) in [6.07, 6.45) is 1.83. The van der Waals surface area contributed by atoms with Gasteiger partial charge in [0.05, 0.1) is 6.10 Å². The molecular weight excluding hydrogens is 384 g/mol. The van der Waals surface area contributed by atoms with Crippen LogP contribution in [0.15, 0.2) is 40.6 Å². The number of nitrogens with zero attached hydrogens (tertiary/aromatic N) is 1. The number of hydrogen-bond donors (Lipinski definition) is 1. The van der Waals surface area contributed by atoms with Crippen molar-refractivity contribution in [3.8, 4) is 5.75 Å². The van der Waals surface area contributed by atoms with Crippen molar-refractivity contribution in [2.45, 2.75) is 44.2 Å². The topological polar surface area (TPSA) is 75.7 Å². The highest BCUT2D eigenvalue weighted by atomic mass is 32.2. The molecule has 1 saturated heterocycles. The summed E-state index contributed by atoms with van der Waals surface area (Å²) in [5.74, 6) is 0.405. The number of nitrogens with one attached hydrogen (secondary N) is 1.